The minimum atomic E-state index is 0.128. The Hall–Kier alpha value is -1.09. The minimum Gasteiger partial charge on any atom is -0.472 e. The van der Waals surface area contributed by atoms with Crippen LogP contribution in [0.15, 0.2) is 23.0 Å². The first-order chi connectivity index (χ1) is 9.83. The van der Waals surface area contributed by atoms with Crippen molar-refractivity contribution in [3.05, 3.63) is 24.2 Å². The second-order valence-electron chi connectivity index (χ2n) is 6.76. The lowest BCUT2D eigenvalue weighted by atomic mass is 9.59. The van der Waals surface area contributed by atoms with Gasteiger partial charge in [-0.25, -0.2) is 0 Å². The maximum Gasteiger partial charge on any atom is 0.136 e. The van der Waals surface area contributed by atoms with Gasteiger partial charge < -0.3 is 9.15 Å². The monoisotopic (exact) mass is 274 g/mol. The summed E-state index contributed by atoms with van der Waals surface area (Å²) in [5.74, 6) is 2.64. The van der Waals surface area contributed by atoms with Crippen molar-refractivity contribution in [2.75, 3.05) is 6.61 Å². The van der Waals surface area contributed by atoms with E-state index < -0.39 is 0 Å². The molecule has 1 aromatic rings. The standard InChI is InChI=1S/C17H22O3/c18-15-3-1-2-11-4-5-12-10-20-16(8-14(12)17(11)15)13-6-7-19-9-13/h6-7,9,11-12,14,16-17H,1-5,8,10H2/t11?,12?,14?,16-,17-/m0/s1. The molecular weight excluding hydrogens is 252 g/mol. The van der Waals surface area contributed by atoms with Gasteiger partial charge in [0, 0.05) is 17.9 Å². The van der Waals surface area contributed by atoms with Gasteiger partial charge in [0.1, 0.15) is 5.78 Å². The Bertz CT molecular complexity index is 478. The predicted octanol–water partition coefficient (Wildman–Crippen LogP) is 3.75. The summed E-state index contributed by atoms with van der Waals surface area (Å²) < 4.78 is 11.2. The summed E-state index contributed by atoms with van der Waals surface area (Å²) in [6, 6.07) is 1.99. The third-order valence-corrected chi connectivity index (χ3v) is 5.77. The lowest BCUT2D eigenvalue weighted by Gasteiger charge is -2.48. The van der Waals surface area contributed by atoms with E-state index in [4.69, 9.17) is 9.15 Å². The lowest BCUT2D eigenvalue weighted by Crippen LogP contribution is -2.46. The summed E-state index contributed by atoms with van der Waals surface area (Å²) in [7, 11) is 0. The highest BCUT2D eigenvalue weighted by atomic mass is 16.5. The summed E-state index contributed by atoms with van der Waals surface area (Å²) in [5.41, 5.74) is 1.13. The van der Waals surface area contributed by atoms with Gasteiger partial charge in [0.05, 0.1) is 25.2 Å². The summed E-state index contributed by atoms with van der Waals surface area (Å²) in [6.45, 7) is 0.816. The summed E-state index contributed by atoms with van der Waals surface area (Å²) in [5, 5.41) is 0. The molecule has 0 spiro atoms. The smallest absolute Gasteiger partial charge is 0.136 e. The largest absolute Gasteiger partial charge is 0.472 e. The van der Waals surface area contributed by atoms with Crippen molar-refractivity contribution in [3.63, 3.8) is 0 Å². The maximum atomic E-state index is 12.4. The van der Waals surface area contributed by atoms with Crippen LogP contribution in [-0.4, -0.2) is 12.4 Å². The number of ether oxygens (including phenoxy) is 1. The molecule has 0 aromatic carbocycles. The fourth-order valence-corrected chi connectivity index (χ4v) is 4.79. The van der Waals surface area contributed by atoms with E-state index in [2.05, 4.69) is 0 Å². The second-order valence-corrected chi connectivity index (χ2v) is 6.76. The van der Waals surface area contributed by atoms with Gasteiger partial charge >= 0.3 is 0 Å². The number of fused-ring (bicyclic) bond motifs is 3. The molecule has 20 heavy (non-hydrogen) atoms. The van der Waals surface area contributed by atoms with Gasteiger partial charge in [-0.3, -0.25) is 4.79 Å². The third kappa shape index (κ3) is 2.03. The van der Waals surface area contributed by atoms with E-state index in [1.165, 1.54) is 19.3 Å². The maximum absolute atomic E-state index is 12.4. The van der Waals surface area contributed by atoms with Crippen LogP contribution in [0.1, 0.15) is 50.2 Å². The highest BCUT2D eigenvalue weighted by Crippen LogP contribution is 2.50. The first kappa shape index (κ1) is 12.6. The van der Waals surface area contributed by atoms with Crippen LogP contribution in [0.3, 0.4) is 0 Å². The van der Waals surface area contributed by atoms with Crippen molar-refractivity contribution in [1.29, 1.82) is 0 Å². The molecule has 2 heterocycles. The van der Waals surface area contributed by atoms with Gasteiger partial charge in [-0.1, -0.05) is 0 Å². The zero-order chi connectivity index (χ0) is 13.5. The van der Waals surface area contributed by atoms with Crippen LogP contribution in [-0.2, 0) is 9.53 Å². The molecule has 0 amide bonds. The number of hydrogen-bond donors (Lipinski definition) is 0. The molecule has 2 aliphatic carbocycles. The van der Waals surface area contributed by atoms with E-state index >= 15 is 0 Å². The molecule has 1 saturated heterocycles. The molecule has 1 aliphatic heterocycles. The molecule has 0 bridgehead atoms. The SMILES string of the molecule is O=C1CCCC2CCC3CO[C@H](c4ccoc4)CC3[C@@H]12. The number of ketones is 1. The second kappa shape index (κ2) is 5.03. The van der Waals surface area contributed by atoms with Crippen LogP contribution in [0.5, 0.6) is 0 Å². The molecule has 3 fully saturated rings. The molecule has 3 aliphatic rings. The Morgan fingerprint density at radius 1 is 1.15 bits per heavy atom. The van der Waals surface area contributed by atoms with E-state index in [9.17, 15) is 4.79 Å². The van der Waals surface area contributed by atoms with Crippen LogP contribution < -0.4 is 0 Å². The molecule has 5 atom stereocenters. The molecule has 2 saturated carbocycles. The Morgan fingerprint density at radius 3 is 2.90 bits per heavy atom. The van der Waals surface area contributed by atoms with E-state index in [1.807, 2.05) is 6.07 Å². The fraction of sp³-hybridized carbons (Fsp3) is 0.706. The zero-order valence-corrected chi connectivity index (χ0v) is 11.8. The van der Waals surface area contributed by atoms with Gasteiger partial charge in [0.15, 0.2) is 0 Å². The normalized spacial score (nSPS) is 41.0. The average molecular weight is 274 g/mol. The number of rotatable bonds is 1. The zero-order valence-electron chi connectivity index (χ0n) is 11.8. The van der Waals surface area contributed by atoms with Crippen LogP contribution in [0, 0.1) is 23.7 Å². The molecule has 0 N–H and O–H groups in total. The van der Waals surface area contributed by atoms with E-state index in [0.29, 0.717) is 29.5 Å². The van der Waals surface area contributed by atoms with Crippen molar-refractivity contribution in [2.24, 2.45) is 23.7 Å². The van der Waals surface area contributed by atoms with Gasteiger partial charge in [0.25, 0.3) is 0 Å². The fourth-order valence-electron chi connectivity index (χ4n) is 4.79. The highest BCUT2D eigenvalue weighted by molar-refractivity contribution is 5.82. The summed E-state index contributed by atoms with van der Waals surface area (Å²) in [4.78, 5) is 12.4. The number of carbonyl (C=O) groups is 1. The lowest BCUT2D eigenvalue weighted by molar-refractivity contribution is -0.142. The molecule has 3 unspecified atom stereocenters. The summed E-state index contributed by atoms with van der Waals surface area (Å²) >= 11 is 0. The Morgan fingerprint density at radius 2 is 2.05 bits per heavy atom. The van der Waals surface area contributed by atoms with E-state index in [-0.39, 0.29) is 6.10 Å². The molecule has 3 heteroatoms. The van der Waals surface area contributed by atoms with Crippen molar-refractivity contribution in [3.8, 4) is 0 Å². The van der Waals surface area contributed by atoms with Gasteiger partial charge in [-0.15, -0.1) is 0 Å². The molecule has 108 valence electrons. The van der Waals surface area contributed by atoms with Crippen LogP contribution in [0.25, 0.3) is 0 Å². The molecule has 4 rings (SSSR count). The van der Waals surface area contributed by atoms with Crippen LogP contribution in [0.4, 0.5) is 0 Å². The molecule has 3 nitrogen and oxygen atoms in total. The Balaban J connectivity index is 1.57. The predicted molar refractivity (Wildman–Crippen MR) is 74.1 cm³/mol. The average Bonchev–Trinajstić information content (AvgIpc) is 3.01. The van der Waals surface area contributed by atoms with Crippen molar-refractivity contribution >= 4 is 5.78 Å². The van der Waals surface area contributed by atoms with Crippen LogP contribution >= 0.6 is 0 Å². The topological polar surface area (TPSA) is 39.4 Å². The van der Waals surface area contributed by atoms with Gasteiger partial charge in [-0.05, 0) is 55.9 Å². The van der Waals surface area contributed by atoms with Gasteiger partial charge in [0.2, 0.25) is 0 Å². The quantitative estimate of drug-likeness (QED) is 0.783. The van der Waals surface area contributed by atoms with E-state index in [0.717, 1.165) is 31.4 Å². The Kier molecular flexibility index (Phi) is 3.18. The first-order valence-electron chi connectivity index (χ1n) is 7.99. The van der Waals surface area contributed by atoms with Crippen molar-refractivity contribution < 1.29 is 13.9 Å². The first-order valence-corrected chi connectivity index (χ1v) is 7.99. The van der Waals surface area contributed by atoms with Crippen LogP contribution in [0.2, 0.25) is 0 Å². The number of Topliss-reactive ketones (excluding diaryl/α,β-unsaturated/α-hetero) is 1. The summed E-state index contributed by atoms with van der Waals surface area (Å²) in [6.07, 6.45) is 10.3. The third-order valence-electron chi connectivity index (χ3n) is 5.77. The number of furan rings is 1. The van der Waals surface area contributed by atoms with Gasteiger partial charge in [-0.2, -0.15) is 0 Å². The number of carbonyl (C=O) groups excluding carboxylic acids is 1. The Labute approximate surface area is 119 Å². The van der Waals surface area contributed by atoms with E-state index in [1.54, 1.807) is 12.5 Å². The highest BCUT2D eigenvalue weighted by Gasteiger charge is 2.47. The number of hydrogen-bond acceptors (Lipinski definition) is 3. The molecule has 1 aromatic heterocycles. The van der Waals surface area contributed by atoms with Crippen molar-refractivity contribution in [1.82, 2.24) is 0 Å². The molecular formula is C17H22O3. The molecule has 0 radical (unpaired) electrons. The minimum absolute atomic E-state index is 0.128. The van der Waals surface area contributed by atoms with Crippen molar-refractivity contribution in [2.45, 2.75) is 44.6 Å².